The van der Waals surface area contributed by atoms with Crippen LogP contribution in [0.1, 0.15) is 22.4 Å². The van der Waals surface area contributed by atoms with Crippen molar-refractivity contribution >= 4 is 11.3 Å². The molecule has 1 aliphatic heterocycles. The molecule has 0 aliphatic carbocycles. The van der Waals surface area contributed by atoms with E-state index in [9.17, 15) is 22.4 Å². The van der Waals surface area contributed by atoms with Crippen molar-refractivity contribution in [3.63, 3.8) is 0 Å². The summed E-state index contributed by atoms with van der Waals surface area (Å²) in [5.74, 6) is -0.424. The van der Waals surface area contributed by atoms with Crippen molar-refractivity contribution in [1.82, 2.24) is 14.9 Å². The molecule has 2 aromatic heterocycles. The van der Waals surface area contributed by atoms with E-state index >= 15 is 0 Å². The van der Waals surface area contributed by atoms with Gasteiger partial charge in [0.2, 0.25) is 0 Å². The highest BCUT2D eigenvalue weighted by Gasteiger charge is 2.34. The molecule has 1 aliphatic rings. The van der Waals surface area contributed by atoms with E-state index in [1.165, 1.54) is 11.3 Å². The topological polar surface area (TPSA) is 49.0 Å². The Hall–Kier alpha value is -2.52. The van der Waals surface area contributed by atoms with Crippen LogP contribution in [0.2, 0.25) is 0 Å². The third-order valence-corrected chi connectivity index (χ3v) is 5.55. The minimum absolute atomic E-state index is 0.0167. The molecule has 146 valence electrons. The lowest BCUT2D eigenvalue weighted by molar-refractivity contribution is -0.138. The van der Waals surface area contributed by atoms with Gasteiger partial charge < -0.3 is 4.98 Å². The highest BCUT2D eigenvalue weighted by Crippen LogP contribution is 2.33. The Morgan fingerprint density at radius 1 is 1.25 bits per heavy atom. The van der Waals surface area contributed by atoms with Crippen LogP contribution in [-0.4, -0.2) is 21.4 Å². The number of hydrogen-bond donors (Lipinski definition) is 1. The molecule has 0 amide bonds. The third kappa shape index (κ3) is 3.72. The first kappa shape index (κ1) is 18.8. The van der Waals surface area contributed by atoms with Crippen molar-refractivity contribution in [2.24, 2.45) is 0 Å². The highest BCUT2D eigenvalue weighted by atomic mass is 32.1. The molecule has 0 bridgehead atoms. The number of aromatic nitrogens is 2. The predicted octanol–water partition coefficient (Wildman–Crippen LogP) is 4.21. The van der Waals surface area contributed by atoms with Crippen LogP contribution in [0.5, 0.6) is 0 Å². The Morgan fingerprint density at radius 2 is 2.07 bits per heavy atom. The van der Waals surface area contributed by atoms with Crippen LogP contribution >= 0.6 is 11.3 Å². The van der Waals surface area contributed by atoms with Crippen LogP contribution in [0, 0.1) is 5.82 Å². The van der Waals surface area contributed by atoms with Crippen LogP contribution in [0.25, 0.3) is 10.7 Å². The standard InChI is InChI=1S/C19H15F4N3OS/c20-12-4-3-11(14(8-12)19(21,22)23)9-26-6-5-15-13(10-26)18(27)25-17(24-15)16-2-1-7-28-16/h1-4,7-8H,5-6,9-10H2,(H,24,25,27). The second kappa shape index (κ2) is 7.14. The Kier molecular flexibility index (Phi) is 4.80. The van der Waals surface area contributed by atoms with Gasteiger partial charge in [-0.2, -0.15) is 13.2 Å². The molecule has 0 atom stereocenters. The van der Waals surface area contributed by atoms with Gasteiger partial charge >= 0.3 is 6.18 Å². The third-order valence-electron chi connectivity index (χ3n) is 4.67. The number of nitrogens with one attached hydrogen (secondary N) is 1. The fourth-order valence-electron chi connectivity index (χ4n) is 3.34. The molecule has 3 heterocycles. The van der Waals surface area contributed by atoms with Crippen LogP contribution in [0.3, 0.4) is 0 Å². The molecule has 9 heteroatoms. The van der Waals surface area contributed by atoms with Crippen molar-refractivity contribution in [1.29, 1.82) is 0 Å². The zero-order valence-corrected chi connectivity index (χ0v) is 15.3. The van der Waals surface area contributed by atoms with Gasteiger partial charge in [-0.1, -0.05) is 12.1 Å². The lowest BCUT2D eigenvalue weighted by Gasteiger charge is -2.28. The second-order valence-electron chi connectivity index (χ2n) is 6.58. The van der Waals surface area contributed by atoms with Gasteiger partial charge in [0, 0.05) is 26.1 Å². The first-order valence-corrected chi connectivity index (χ1v) is 9.43. The van der Waals surface area contributed by atoms with Crippen LogP contribution < -0.4 is 5.56 Å². The van der Waals surface area contributed by atoms with Crippen LogP contribution in [0.15, 0.2) is 40.5 Å². The minimum atomic E-state index is -4.64. The maximum atomic E-state index is 13.3. The summed E-state index contributed by atoms with van der Waals surface area (Å²) in [5.41, 5.74) is -0.163. The quantitative estimate of drug-likeness (QED) is 0.660. The summed E-state index contributed by atoms with van der Waals surface area (Å²) >= 11 is 1.46. The van der Waals surface area contributed by atoms with Gasteiger partial charge in [-0.3, -0.25) is 9.69 Å². The Bertz CT molecular complexity index is 1060. The van der Waals surface area contributed by atoms with Gasteiger partial charge in [0.15, 0.2) is 5.82 Å². The summed E-state index contributed by atoms with van der Waals surface area (Å²) in [4.78, 5) is 22.4. The van der Waals surface area contributed by atoms with E-state index < -0.39 is 17.6 Å². The monoisotopic (exact) mass is 409 g/mol. The lowest BCUT2D eigenvalue weighted by Crippen LogP contribution is -2.35. The molecule has 0 saturated carbocycles. The van der Waals surface area contributed by atoms with Crippen LogP contribution in [-0.2, 0) is 25.7 Å². The fraction of sp³-hybridized carbons (Fsp3) is 0.263. The molecule has 0 saturated heterocycles. The number of H-pyrrole nitrogens is 1. The normalized spacial score (nSPS) is 14.9. The minimum Gasteiger partial charge on any atom is -0.306 e. The molecule has 28 heavy (non-hydrogen) atoms. The molecule has 0 unspecified atom stereocenters. The number of fused-ring (bicyclic) bond motifs is 1. The van der Waals surface area contributed by atoms with Crippen molar-refractivity contribution in [3.8, 4) is 10.7 Å². The van der Waals surface area contributed by atoms with E-state index in [1.807, 2.05) is 17.5 Å². The van der Waals surface area contributed by atoms with E-state index in [4.69, 9.17) is 0 Å². The molecule has 0 fully saturated rings. The predicted molar refractivity (Wildman–Crippen MR) is 97.4 cm³/mol. The SMILES string of the molecule is O=c1[nH]c(-c2cccs2)nc2c1CN(Cc1ccc(F)cc1C(F)(F)F)CC2. The van der Waals surface area contributed by atoms with Gasteiger partial charge in [0.1, 0.15) is 5.82 Å². The second-order valence-corrected chi connectivity index (χ2v) is 7.52. The molecule has 1 N–H and O–H groups in total. The number of thiophene rings is 1. The van der Waals surface area contributed by atoms with E-state index in [0.29, 0.717) is 36.1 Å². The van der Waals surface area contributed by atoms with E-state index in [2.05, 4.69) is 9.97 Å². The van der Waals surface area contributed by atoms with Crippen molar-refractivity contribution < 1.29 is 17.6 Å². The Labute approximate surface area is 161 Å². The molecule has 3 aromatic rings. The average Bonchev–Trinajstić information content (AvgIpc) is 3.17. The molecular formula is C19H15F4N3OS. The molecule has 4 rings (SSSR count). The van der Waals surface area contributed by atoms with Gasteiger partial charge in [0.05, 0.1) is 21.7 Å². The van der Waals surface area contributed by atoms with Gasteiger partial charge in [-0.05, 0) is 29.1 Å². The smallest absolute Gasteiger partial charge is 0.306 e. The zero-order valence-electron chi connectivity index (χ0n) is 14.5. The fourth-order valence-corrected chi connectivity index (χ4v) is 4.01. The molecule has 1 aromatic carbocycles. The van der Waals surface area contributed by atoms with Crippen molar-refractivity contribution in [2.45, 2.75) is 25.7 Å². The van der Waals surface area contributed by atoms with E-state index in [1.54, 1.807) is 4.90 Å². The Morgan fingerprint density at radius 3 is 2.79 bits per heavy atom. The van der Waals surface area contributed by atoms with Crippen molar-refractivity contribution in [2.75, 3.05) is 6.54 Å². The number of nitrogens with zero attached hydrogens (tertiary/aromatic N) is 2. The highest BCUT2D eigenvalue weighted by molar-refractivity contribution is 7.13. The van der Waals surface area contributed by atoms with Crippen LogP contribution in [0.4, 0.5) is 17.6 Å². The zero-order chi connectivity index (χ0) is 19.9. The number of halogens is 4. The van der Waals surface area contributed by atoms with Crippen molar-refractivity contribution in [3.05, 3.63) is 74.3 Å². The van der Waals surface area contributed by atoms with Gasteiger partial charge in [-0.15, -0.1) is 11.3 Å². The van der Waals surface area contributed by atoms with E-state index in [-0.39, 0.29) is 24.2 Å². The number of aromatic amines is 1. The number of benzene rings is 1. The Balaban J connectivity index is 1.60. The summed E-state index contributed by atoms with van der Waals surface area (Å²) in [7, 11) is 0. The number of hydrogen-bond acceptors (Lipinski definition) is 4. The van der Waals surface area contributed by atoms with Gasteiger partial charge in [-0.25, -0.2) is 9.37 Å². The maximum Gasteiger partial charge on any atom is 0.416 e. The average molecular weight is 409 g/mol. The maximum absolute atomic E-state index is 13.3. The van der Waals surface area contributed by atoms with E-state index in [0.717, 1.165) is 17.0 Å². The summed E-state index contributed by atoms with van der Waals surface area (Å²) in [6, 6.07) is 6.40. The molecule has 0 radical (unpaired) electrons. The summed E-state index contributed by atoms with van der Waals surface area (Å²) in [6.45, 7) is 0.625. The molecule has 4 nitrogen and oxygen atoms in total. The molecular weight excluding hydrogens is 394 g/mol. The first-order valence-electron chi connectivity index (χ1n) is 8.55. The number of alkyl halides is 3. The largest absolute Gasteiger partial charge is 0.416 e. The van der Waals surface area contributed by atoms with Gasteiger partial charge in [0.25, 0.3) is 5.56 Å². The lowest BCUT2D eigenvalue weighted by atomic mass is 10.0. The summed E-state index contributed by atoms with van der Waals surface area (Å²) < 4.78 is 52.9. The number of rotatable bonds is 3. The molecule has 0 spiro atoms. The first-order chi connectivity index (χ1) is 13.3. The summed E-state index contributed by atoms with van der Waals surface area (Å²) in [5, 5.41) is 1.89. The summed E-state index contributed by atoms with van der Waals surface area (Å²) in [6.07, 6.45) is -4.18.